The van der Waals surface area contributed by atoms with Gasteiger partial charge < -0.3 is 15.0 Å². The van der Waals surface area contributed by atoms with Crippen molar-refractivity contribution >= 4 is 51.7 Å². The maximum atomic E-state index is 13.1. The molecule has 7 nitrogen and oxygen atoms in total. The minimum Gasteiger partial charge on any atom is -0.457 e. The number of nitrogens with zero attached hydrogens (tertiary/aromatic N) is 2. The molecule has 0 radical (unpaired) electrons. The van der Waals surface area contributed by atoms with Gasteiger partial charge in [0.25, 0.3) is 11.8 Å². The van der Waals surface area contributed by atoms with Crippen molar-refractivity contribution in [1.82, 2.24) is 4.98 Å². The number of carbonyl (C=O) groups is 3. The van der Waals surface area contributed by atoms with Gasteiger partial charge in [0.05, 0.1) is 11.4 Å². The summed E-state index contributed by atoms with van der Waals surface area (Å²) in [6.45, 7) is 9.18. The smallest absolute Gasteiger partial charge is 0.350 e. The van der Waals surface area contributed by atoms with Crippen molar-refractivity contribution < 1.29 is 19.1 Å². The number of nitrogens with one attached hydrogen (secondary N) is 1. The molecule has 0 fully saturated rings. The lowest BCUT2D eigenvalue weighted by Gasteiger charge is -2.38. The van der Waals surface area contributed by atoms with Crippen LogP contribution in [0.1, 0.15) is 29.2 Å². The number of thioether (sulfide) groups is 1. The number of rotatable bonds is 6. The SMILES string of the molecule is C=CCOC(=O)c1sc(NC(=O)C2(C)Sc3ccccc3N(CC)C2=O)nc1C. The number of aromatic nitrogens is 1. The number of amides is 2. The first-order valence-electron chi connectivity index (χ1n) is 8.98. The van der Waals surface area contributed by atoms with Crippen LogP contribution in [0.4, 0.5) is 10.8 Å². The molecule has 29 heavy (non-hydrogen) atoms. The number of hydrogen-bond acceptors (Lipinski definition) is 7. The summed E-state index contributed by atoms with van der Waals surface area (Å²) in [7, 11) is 0. The number of esters is 1. The summed E-state index contributed by atoms with van der Waals surface area (Å²) >= 11 is 2.23. The number of thiazole rings is 1. The van der Waals surface area contributed by atoms with Crippen LogP contribution in [0.15, 0.2) is 41.8 Å². The van der Waals surface area contributed by atoms with E-state index in [0.29, 0.717) is 17.1 Å². The number of para-hydroxylation sites is 1. The average Bonchev–Trinajstić information content (AvgIpc) is 3.07. The second-order valence-electron chi connectivity index (χ2n) is 6.43. The van der Waals surface area contributed by atoms with Crippen LogP contribution in [0.5, 0.6) is 0 Å². The number of hydrogen-bond donors (Lipinski definition) is 1. The fourth-order valence-electron chi connectivity index (χ4n) is 2.91. The molecule has 1 aliphatic heterocycles. The van der Waals surface area contributed by atoms with Crippen LogP contribution in [0, 0.1) is 6.92 Å². The minimum atomic E-state index is -1.35. The first kappa shape index (κ1) is 21.1. The highest BCUT2D eigenvalue weighted by atomic mass is 32.2. The molecule has 0 spiro atoms. The molecule has 1 unspecified atom stereocenters. The number of benzene rings is 1. The molecule has 9 heteroatoms. The van der Waals surface area contributed by atoms with E-state index in [1.165, 1.54) is 17.8 Å². The fraction of sp³-hybridized carbons (Fsp3) is 0.300. The maximum Gasteiger partial charge on any atom is 0.350 e. The summed E-state index contributed by atoms with van der Waals surface area (Å²) in [6, 6.07) is 7.50. The maximum absolute atomic E-state index is 13.1. The van der Waals surface area contributed by atoms with Gasteiger partial charge in [0.15, 0.2) is 9.88 Å². The number of carbonyl (C=O) groups excluding carboxylic acids is 3. The molecule has 2 amide bonds. The van der Waals surface area contributed by atoms with E-state index in [0.717, 1.165) is 21.9 Å². The largest absolute Gasteiger partial charge is 0.457 e. The van der Waals surface area contributed by atoms with Crippen LogP contribution in [0.2, 0.25) is 0 Å². The van der Waals surface area contributed by atoms with Gasteiger partial charge in [0.1, 0.15) is 11.5 Å². The summed E-state index contributed by atoms with van der Waals surface area (Å²) in [5.41, 5.74) is 1.25. The number of fused-ring (bicyclic) bond motifs is 1. The molecule has 0 bridgehead atoms. The van der Waals surface area contributed by atoms with E-state index >= 15 is 0 Å². The van der Waals surface area contributed by atoms with Gasteiger partial charge in [-0.25, -0.2) is 9.78 Å². The van der Waals surface area contributed by atoms with Crippen molar-refractivity contribution in [2.45, 2.75) is 30.4 Å². The number of aryl methyl sites for hydroxylation is 1. The summed E-state index contributed by atoms with van der Waals surface area (Å²) < 4.78 is 3.68. The predicted octanol–water partition coefficient (Wildman–Crippen LogP) is 3.65. The predicted molar refractivity (Wildman–Crippen MR) is 115 cm³/mol. The van der Waals surface area contributed by atoms with Crippen LogP contribution >= 0.6 is 23.1 Å². The molecule has 1 aromatic carbocycles. The van der Waals surface area contributed by atoms with E-state index in [2.05, 4.69) is 16.9 Å². The average molecular weight is 432 g/mol. The van der Waals surface area contributed by atoms with Gasteiger partial charge in [-0.2, -0.15) is 0 Å². The van der Waals surface area contributed by atoms with Crippen LogP contribution in [0.25, 0.3) is 0 Å². The van der Waals surface area contributed by atoms with Crippen molar-refractivity contribution in [3.63, 3.8) is 0 Å². The van der Waals surface area contributed by atoms with E-state index < -0.39 is 16.6 Å². The van der Waals surface area contributed by atoms with Crippen LogP contribution in [0.3, 0.4) is 0 Å². The quantitative estimate of drug-likeness (QED) is 0.427. The summed E-state index contributed by atoms with van der Waals surface area (Å²) in [5.74, 6) is -1.30. The second-order valence-corrected chi connectivity index (χ2v) is 8.89. The Morgan fingerprint density at radius 1 is 1.38 bits per heavy atom. The molecule has 3 rings (SSSR count). The molecule has 1 atom stereocenters. The van der Waals surface area contributed by atoms with E-state index in [1.54, 1.807) is 18.7 Å². The van der Waals surface area contributed by atoms with Crippen LogP contribution in [-0.4, -0.2) is 40.7 Å². The van der Waals surface area contributed by atoms with Crippen molar-refractivity contribution in [2.75, 3.05) is 23.4 Å². The van der Waals surface area contributed by atoms with Gasteiger partial charge in [-0.3, -0.25) is 9.59 Å². The third-order valence-corrected chi connectivity index (χ3v) is 6.79. The zero-order valence-electron chi connectivity index (χ0n) is 16.4. The van der Waals surface area contributed by atoms with Gasteiger partial charge in [-0.15, -0.1) is 0 Å². The van der Waals surface area contributed by atoms with Gasteiger partial charge in [-0.1, -0.05) is 47.9 Å². The van der Waals surface area contributed by atoms with E-state index in [4.69, 9.17) is 4.74 Å². The Kier molecular flexibility index (Phi) is 6.09. The molecule has 1 N–H and O–H groups in total. The molecule has 152 valence electrons. The molecular formula is C20H21N3O4S2. The Bertz CT molecular complexity index is 988. The Morgan fingerprint density at radius 3 is 2.79 bits per heavy atom. The van der Waals surface area contributed by atoms with Gasteiger partial charge >= 0.3 is 5.97 Å². The summed E-state index contributed by atoms with van der Waals surface area (Å²) in [4.78, 5) is 45.3. The highest BCUT2D eigenvalue weighted by Crippen LogP contribution is 2.45. The molecule has 2 heterocycles. The molecular weight excluding hydrogens is 410 g/mol. The van der Waals surface area contributed by atoms with E-state index in [-0.39, 0.29) is 17.6 Å². The van der Waals surface area contributed by atoms with Crippen LogP contribution in [-0.2, 0) is 14.3 Å². The highest BCUT2D eigenvalue weighted by molar-refractivity contribution is 8.02. The summed E-state index contributed by atoms with van der Waals surface area (Å²) in [6.07, 6.45) is 1.47. The van der Waals surface area contributed by atoms with Gasteiger partial charge in [0.2, 0.25) is 0 Å². The minimum absolute atomic E-state index is 0.0906. The highest BCUT2D eigenvalue weighted by Gasteiger charge is 2.49. The van der Waals surface area contributed by atoms with Crippen molar-refractivity contribution in [1.29, 1.82) is 0 Å². The third-order valence-electron chi connectivity index (χ3n) is 4.41. The first-order valence-corrected chi connectivity index (χ1v) is 10.6. The fourth-order valence-corrected chi connectivity index (χ4v) is 4.98. The first-order chi connectivity index (χ1) is 13.8. The van der Waals surface area contributed by atoms with Gasteiger partial charge in [0, 0.05) is 11.4 Å². The number of ether oxygens (including phenoxy) is 1. The Morgan fingerprint density at radius 2 is 2.10 bits per heavy atom. The topological polar surface area (TPSA) is 88.6 Å². The Labute approximate surface area is 177 Å². The monoisotopic (exact) mass is 431 g/mol. The van der Waals surface area contributed by atoms with Crippen LogP contribution < -0.4 is 10.2 Å². The molecule has 0 saturated heterocycles. The van der Waals surface area contributed by atoms with E-state index in [9.17, 15) is 14.4 Å². The Hall–Kier alpha value is -2.65. The normalized spacial score (nSPS) is 18.2. The molecule has 0 saturated carbocycles. The lowest BCUT2D eigenvalue weighted by Crippen LogP contribution is -2.54. The molecule has 0 aliphatic carbocycles. The van der Waals surface area contributed by atoms with Crippen molar-refractivity contribution in [3.8, 4) is 0 Å². The van der Waals surface area contributed by atoms with Crippen molar-refractivity contribution in [2.24, 2.45) is 0 Å². The lowest BCUT2D eigenvalue weighted by atomic mass is 10.1. The third kappa shape index (κ3) is 3.92. The zero-order chi connectivity index (χ0) is 21.2. The standard InChI is InChI=1S/C20H21N3O4S2/c1-5-11-27-16(24)15-12(3)21-19(28-15)22-17(25)20(4)18(26)23(6-2)13-9-7-8-10-14(13)29-20/h5,7-10H,1,6,11H2,2-4H3,(H,21,22,25). The zero-order valence-corrected chi connectivity index (χ0v) is 18.0. The summed E-state index contributed by atoms with van der Waals surface area (Å²) in [5, 5.41) is 2.95. The molecule has 2 aromatic rings. The second kappa shape index (κ2) is 8.38. The molecule has 1 aliphatic rings. The van der Waals surface area contributed by atoms with Gasteiger partial charge in [-0.05, 0) is 32.9 Å². The van der Waals surface area contributed by atoms with Crippen molar-refractivity contribution in [3.05, 3.63) is 47.5 Å². The lowest BCUT2D eigenvalue weighted by molar-refractivity contribution is -0.128. The number of anilines is 2. The molecule has 1 aromatic heterocycles. The Balaban J connectivity index is 1.84. The van der Waals surface area contributed by atoms with E-state index in [1.807, 2.05) is 31.2 Å².